The van der Waals surface area contributed by atoms with Crippen LogP contribution in [-0.2, 0) is 14.3 Å². The van der Waals surface area contributed by atoms with Gasteiger partial charge >= 0.3 is 5.97 Å². The molecule has 1 aromatic rings. The van der Waals surface area contributed by atoms with Crippen LogP contribution in [-0.4, -0.2) is 35.7 Å². The predicted molar refractivity (Wildman–Crippen MR) is 70.0 cm³/mol. The number of ether oxygens (including phenoxy) is 1. The molecule has 20 heavy (non-hydrogen) atoms. The zero-order chi connectivity index (χ0) is 14.7. The fraction of sp³-hybridized carbons (Fsp3) is 0.429. The van der Waals surface area contributed by atoms with E-state index in [1.165, 1.54) is 23.1 Å². The number of aliphatic carboxylic acids is 1. The van der Waals surface area contributed by atoms with Crippen molar-refractivity contribution in [2.24, 2.45) is 0 Å². The minimum Gasteiger partial charge on any atom is -0.479 e. The summed E-state index contributed by atoms with van der Waals surface area (Å²) in [5.74, 6) is -1.82. The zero-order valence-corrected chi connectivity index (χ0v) is 11.1. The lowest BCUT2D eigenvalue weighted by molar-refractivity contribution is -0.151. The molecule has 0 spiro atoms. The highest BCUT2D eigenvalue weighted by Gasteiger charge is 2.36. The van der Waals surface area contributed by atoms with Gasteiger partial charge in [0.05, 0.1) is 0 Å². The first-order valence-electron chi connectivity index (χ1n) is 6.48. The van der Waals surface area contributed by atoms with Gasteiger partial charge in [0.25, 0.3) is 5.91 Å². The standard InChI is InChI=1S/C14H16FNO4/c1-2-16(10-5-3-4-9(15)8-10)13(17)11-6-7-12(20-11)14(18)19/h3-5,8,11-12H,2,6-7H2,1H3,(H,18,19). The second-order valence-electron chi connectivity index (χ2n) is 4.59. The molecule has 1 aliphatic rings. The Bertz CT molecular complexity index is 520. The van der Waals surface area contributed by atoms with Gasteiger partial charge in [0.2, 0.25) is 0 Å². The summed E-state index contributed by atoms with van der Waals surface area (Å²) in [5, 5.41) is 8.86. The summed E-state index contributed by atoms with van der Waals surface area (Å²) >= 11 is 0. The summed E-state index contributed by atoms with van der Waals surface area (Å²) in [5.41, 5.74) is 0.444. The Morgan fingerprint density at radius 3 is 2.65 bits per heavy atom. The molecular weight excluding hydrogens is 265 g/mol. The van der Waals surface area contributed by atoms with Gasteiger partial charge in [-0.1, -0.05) is 6.07 Å². The van der Waals surface area contributed by atoms with Crippen LogP contribution in [0.4, 0.5) is 10.1 Å². The van der Waals surface area contributed by atoms with Crippen molar-refractivity contribution in [3.05, 3.63) is 30.1 Å². The fourth-order valence-corrected chi connectivity index (χ4v) is 2.28. The molecule has 1 heterocycles. The van der Waals surface area contributed by atoms with Crippen LogP contribution in [0, 0.1) is 5.82 Å². The minimum absolute atomic E-state index is 0.312. The van der Waals surface area contributed by atoms with Crippen molar-refractivity contribution in [2.75, 3.05) is 11.4 Å². The molecule has 0 bridgehead atoms. The minimum atomic E-state index is -1.06. The first kappa shape index (κ1) is 14.5. The Hall–Kier alpha value is -1.95. The quantitative estimate of drug-likeness (QED) is 0.914. The van der Waals surface area contributed by atoms with Crippen LogP contribution in [0.5, 0.6) is 0 Å². The third kappa shape index (κ3) is 2.96. The Labute approximate surface area is 116 Å². The first-order valence-corrected chi connectivity index (χ1v) is 6.48. The first-order chi connectivity index (χ1) is 9.52. The average Bonchev–Trinajstić information content (AvgIpc) is 2.89. The number of halogens is 1. The predicted octanol–water partition coefficient (Wildman–Crippen LogP) is 1.81. The van der Waals surface area contributed by atoms with E-state index >= 15 is 0 Å². The Morgan fingerprint density at radius 2 is 2.10 bits per heavy atom. The van der Waals surface area contributed by atoms with Crippen LogP contribution in [0.1, 0.15) is 19.8 Å². The molecule has 0 aliphatic carbocycles. The van der Waals surface area contributed by atoms with Gasteiger partial charge in [-0.05, 0) is 38.0 Å². The summed E-state index contributed by atoms with van der Waals surface area (Å²) < 4.78 is 18.5. The van der Waals surface area contributed by atoms with E-state index in [0.29, 0.717) is 25.1 Å². The van der Waals surface area contributed by atoms with Crippen LogP contribution >= 0.6 is 0 Å². The van der Waals surface area contributed by atoms with E-state index in [1.807, 2.05) is 0 Å². The normalized spacial score (nSPS) is 21.7. The molecular formula is C14H16FNO4. The van der Waals surface area contributed by atoms with Crippen molar-refractivity contribution < 1.29 is 23.8 Å². The molecule has 2 atom stereocenters. The van der Waals surface area contributed by atoms with Crippen LogP contribution in [0.2, 0.25) is 0 Å². The highest BCUT2D eigenvalue weighted by Crippen LogP contribution is 2.24. The maximum absolute atomic E-state index is 13.2. The molecule has 1 saturated heterocycles. The molecule has 5 nitrogen and oxygen atoms in total. The van der Waals surface area contributed by atoms with E-state index < -0.39 is 24.0 Å². The van der Waals surface area contributed by atoms with Gasteiger partial charge in [0, 0.05) is 12.2 Å². The number of hydrogen-bond donors (Lipinski definition) is 1. The van der Waals surface area contributed by atoms with E-state index in [2.05, 4.69) is 0 Å². The van der Waals surface area contributed by atoms with Crippen molar-refractivity contribution in [3.8, 4) is 0 Å². The van der Waals surface area contributed by atoms with Gasteiger partial charge in [0.1, 0.15) is 11.9 Å². The number of likely N-dealkylation sites (N-methyl/N-ethyl adjacent to an activating group) is 1. The summed E-state index contributed by atoms with van der Waals surface area (Å²) in [6.45, 7) is 2.13. The molecule has 1 N–H and O–H groups in total. The molecule has 6 heteroatoms. The number of carboxylic acid groups (broad SMARTS) is 1. The lowest BCUT2D eigenvalue weighted by Crippen LogP contribution is -2.39. The summed E-state index contributed by atoms with van der Waals surface area (Å²) in [4.78, 5) is 24.6. The number of hydrogen-bond acceptors (Lipinski definition) is 3. The molecule has 0 radical (unpaired) electrons. The maximum Gasteiger partial charge on any atom is 0.332 e. The maximum atomic E-state index is 13.2. The largest absolute Gasteiger partial charge is 0.479 e. The van der Waals surface area contributed by atoms with Crippen molar-refractivity contribution >= 4 is 17.6 Å². The number of anilines is 1. The Kier molecular flexibility index (Phi) is 4.34. The van der Waals surface area contributed by atoms with Crippen LogP contribution < -0.4 is 4.90 Å². The van der Waals surface area contributed by atoms with Crippen molar-refractivity contribution in [1.82, 2.24) is 0 Å². The number of carbonyl (C=O) groups is 2. The molecule has 0 aromatic heterocycles. The number of benzene rings is 1. The van der Waals surface area contributed by atoms with Gasteiger partial charge in [-0.2, -0.15) is 0 Å². The van der Waals surface area contributed by atoms with E-state index in [0.717, 1.165) is 0 Å². The van der Waals surface area contributed by atoms with Crippen molar-refractivity contribution in [2.45, 2.75) is 32.0 Å². The lowest BCUT2D eigenvalue weighted by atomic mass is 10.1. The SMILES string of the molecule is CCN(C(=O)C1CCC(C(=O)O)O1)c1cccc(F)c1. The third-order valence-corrected chi connectivity index (χ3v) is 3.27. The number of amides is 1. The topological polar surface area (TPSA) is 66.8 Å². The summed E-state index contributed by atoms with van der Waals surface area (Å²) in [6, 6.07) is 5.73. The van der Waals surface area contributed by atoms with Gasteiger partial charge < -0.3 is 14.7 Å². The number of nitrogens with zero attached hydrogens (tertiary/aromatic N) is 1. The highest BCUT2D eigenvalue weighted by molar-refractivity contribution is 5.97. The van der Waals surface area contributed by atoms with Gasteiger partial charge in [-0.3, -0.25) is 4.79 Å². The molecule has 1 amide bonds. The molecule has 2 rings (SSSR count). The molecule has 2 unspecified atom stereocenters. The second kappa shape index (κ2) is 6.00. The van der Waals surface area contributed by atoms with Crippen molar-refractivity contribution in [3.63, 3.8) is 0 Å². The van der Waals surface area contributed by atoms with E-state index in [9.17, 15) is 14.0 Å². The lowest BCUT2D eigenvalue weighted by Gasteiger charge is -2.24. The molecule has 1 fully saturated rings. The van der Waals surface area contributed by atoms with E-state index in [4.69, 9.17) is 9.84 Å². The monoisotopic (exact) mass is 281 g/mol. The molecule has 0 saturated carbocycles. The fourth-order valence-electron chi connectivity index (χ4n) is 2.28. The van der Waals surface area contributed by atoms with E-state index in [1.54, 1.807) is 13.0 Å². The number of rotatable bonds is 4. The van der Waals surface area contributed by atoms with E-state index in [-0.39, 0.29) is 5.91 Å². The second-order valence-corrected chi connectivity index (χ2v) is 4.59. The third-order valence-electron chi connectivity index (χ3n) is 3.27. The molecule has 1 aliphatic heterocycles. The Morgan fingerprint density at radius 1 is 1.40 bits per heavy atom. The Balaban J connectivity index is 2.12. The number of carbonyl (C=O) groups excluding carboxylic acids is 1. The smallest absolute Gasteiger partial charge is 0.332 e. The van der Waals surface area contributed by atoms with Crippen molar-refractivity contribution in [1.29, 1.82) is 0 Å². The molecule has 108 valence electrons. The molecule has 1 aromatic carbocycles. The highest BCUT2D eigenvalue weighted by atomic mass is 19.1. The van der Waals surface area contributed by atoms with Gasteiger partial charge in [0.15, 0.2) is 6.10 Å². The van der Waals surface area contributed by atoms with Gasteiger partial charge in [-0.25, -0.2) is 9.18 Å². The zero-order valence-electron chi connectivity index (χ0n) is 11.1. The van der Waals surface area contributed by atoms with Crippen LogP contribution in [0.15, 0.2) is 24.3 Å². The number of carboxylic acids is 1. The van der Waals surface area contributed by atoms with Gasteiger partial charge in [-0.15, -0.1) is 0 Å². The summed E-state index contributed by atoms with van der Waals surface area (Å²) in [7, 11) is 0. The van der Waals surface area contributed by atoms with Crippen LogP contribution in [0.3, 0.4) is 0 Å². The summed E-state index contributed by atoms with van der Waals surface area (Å²) in [6.07, 6.45) is -1.04. The average molecular weight is 281 g/mol. The van der Waals surface area contributed by atoms with Crippen LogP contribution in [0.25, 0.3) is 0 Å².